The molecule has 1 aliphatic rings. The Morgan fingerprint density at radius 2 is 2.09 bits per heavy atom. The zero-order valence-electron chi connectivity index (χ0n) is 19.3. The molecule has 1 aliphatic heterocycles. The molecule has 0 aliphatic carbocycles. The molecule has 1 N–H and O–H groups in total. The SMILES string of the molecule is CCOC(=O)c1c(NC(=O)CN(C)C(=O)/C=C/c2cccc(OC)c2)sc2c1CCN(C)C2. The topological polar surface area (TPSA) is 88.2 Å². The van der Waals surface area contributed by atoms with Gasteiger partial charge in [-0.1, -0.05) is 12.1 Å². The molecule has 2 amide bonds. The molecule has 33 heavy (non-hydrogen) atoms. The van der Waals surface area contributed by atoms with E-state index in [-0.39, 0.29) is 25.0 Å². The van der Waals surface area contributed by atoms with Crippen molar-refractivity contribution >= 4 is 40.2 Å². The molecule has 0 saturated carbocycles. The Balaban J connectivity index is 1.67. The molecular formula is C24H29N3O5S. The Hall–Kier alpha value is -3.17. The van der Waals surface area contributed by atoms with E-state index in [4.69, 9.17) is 9.47 Å². The van der Waals surface area contributed by atoms with Crippen LogP contribution in [0.15, 0.2) is 30.3 Å². The van der Waals surface area contributed by atoms with Gasteiger partial charge in [-0.15, -0.1) is 11.3 Å². The van der Waals surface area contributed by atoms with Gasteiger partial charge >= 0.3 is 5.97 Å². The van der Waals surface area contributed by atoms with Gasteiger partial charge in [0.25, 0.3) is 0 Å². The van der Waals surface area contributed by atoms with Crippen LogP contribution in [0.3, 0.4) is 0 Å². The molecule has 0 atom stereocenters. The highest BCUT2D eigenvalue weighted by Gasteiger charge is 2.28. The van der Waals surface area contributed by atoms with E-state index in [9.17, 15) is 14.4 Å². The summed E-state index contributed by atoms with van der Waals surface area (Å²) in [4.78, 5) is 42.3. The van der Waals surface area contributed by atoms with Crippen molar-refractivity contribution in [3.63, 3.8) is 0 Å². The zero-order valence-corrected chi connectivity index (χ0v) is 20.2. The van der Waals surface area contributed by atoms with Crippen LogP contribution < -0.4 is 10.1 Å². The van der Waals surface area contributed by atoms with Crippen LogP contribution in [0.25, 0.3) is 6.08 Å². The summed E-state index contributed by atoms with van der Waals surface area (Å²) in [6, 6.07) is 7.32. The van der Waals surface area contributed by atoms with Crippen LogP contribution >= 0.6 is 11.3 Å². The van der Waals surface area contributed by atoms with E-state index in [1.165, 1.54) is 22.3 Å². The average molecular weight is 472 g/mol. The number of rotatable bonds is 8. The molecule has 176 valence electrons. The third-order valence-corrected chi connectivity index (χ3v) is 6.38. The number of hydrogen-bond donors (Lipinski definition) is 1. The molecule has 8 nitrogen and oxygen atoms in total. The number of esters is 1. The summed E-state index contributed by atoms with van der Waals surface area (Å²) in [7, 11) is 5.15. The molecule has 3 rings (SSSR count). The van der Waals surface area contributed by atoms with Crippen molar-refractivity contribution in [2.45, 2.75) is 19.9 Å². The van der Waals surface area contributed by atoms with Gasteiger partial charge in [0.2, 0.25) is 11.8 Å². The molecule has 0 fully saturated rings. The lowest BCUT2D eigenvalue weighted by atomic mass is 10.0. The Morgan fingerprint density at radius 1 is 1.30 bits per heavy atom. The van der Waals surface area contributed by atoms with Crippen molar-refractivity contribution < 1.29 is 23.9 Å². The second-order valence-electron chi connectivity index (χ2n) is 7.77. The highest BCUT2D eigenvalue weighted by atomic mass is 32.1. The maximum Gasteiger partial charge on any atom is 0.341 e. The van der Waals surface area contributed by atoms with Crippen molar-refractivity contribution in [3.05, 3.63) is 51.9 Å². The van der Waals surface area contributed by atoms with Crippen LogP contribution in [-0.4, -0.2) is 68.5 Å². The van der Waals surface area contributed by atoms with E-state index in [0.717, 1.165) is 35.5 Å². The summed E-state index contributed by atoms with van der Waals surface area (Å²) in [5.74, 6) is -0.427. The number of fused-ring (bicyclic) bond motifs is 1. The first-order chi connectivity index (χ1) is 15.8. The maximum absolute atomic E-state index is 12.7. The lowest BCUT2D eigenvalue weighted by molar-refractivity contribution is -0.129. The standard InChI is InChI=1S/C24H29N3O5S/c1-5-32-24(30)22-18-11-12-26(2)14-19(18)33-23(22)25-20(28)15-27(3)21(29)10-9-16-7-6-8-17(13-16)31-4/h6-10,13H,5,11-12,14-15H2,1-4H3,(H,25,28)/b10-9+. The predicted octanol–water partition coefficient (Wildman–Crippen LogP) is 3.03. The summed E-state index contributed by atoms with van der Waals surface area (Å²) < 4.78 is 10.4. The minimum absolute atomic E-state index is 0.147. The number of thiophene rings is 1. The van der Waals surface area contributed by atoms with E-state index < -0.39 is 5.97 Å². The van der Waals surface area contributed by atoms with Gasteiger partial charge in [-0.25, -0.2) is 4.79 Å². The molecule has 1 aromatic heterocycles. The molecule has 2 heterocycles. The lowest BCUT2D eigenvalue weighted by Crippen LogP contribution is -2.34. The normalized spacial score (nSPS) is 13.5. The van der Waals surface area contributed by atoms with Crippen molar-refractivity contribution in [3.8, 4) is 5.75 Å². The Labute approximate surface area is 197 Å². The van der Waals surface area contributed by atoms with Crippen LogP contribution in [0.2, 0.25) is 0 Å². The molecular weight excluding hydrogens is 442 g/mol. The first-order valence-electron chi connectivity index (χ1n) is 10.7. The number of carbonyl (C=O) groups is 3. The van der Waals surface area contributed by atoms with Crippen LogP contribution in [-0.2, 0) is 27.3 Å². The first kappa shape index (κ1) is 24.5. The molecule has 0 saturated heterocycles. The summed E-state index contributed by atoms with van der Waals surface area (Å²) in [6.07, 6.45) is 3.80. The number of ether oxygens (including phenoxy) is 2. The number of nitrogens with one attached hydrogen (secondary N) is 1. The molecule has 0 radical (unpaired) electrons. The Kier molecular flexibility index (Phi) is 8.24. The zero-order chi connectivity index (χ0) is 24.0. The monoisotopic (exact) mass is 471 g/mol. The molecule has 9 heteroatoms. The van der Waals surface area contributed by atoms with Gasteiger partial charge < -0.3 is 24.6 Å². The van der Waals surface area contributed by atoms with E-state index >= 15 is 0 Å². The summed E-state index contributed by atoms with van der Waals surface area (Å²) in [6.45, 7) is 3.41. The Morgan fingerprint density at radius 3 is 2.82 bits per heavy atom. The van der Waals surface area contributed by atoms with Gasteiger partial charge in [-0.05, 0) is 49.7 Å². The van der Waals surface area contributed by atoms with Crippen molar-refractivity contribution in [1.82, 2.24) is 9.80 Å². The van der Waals surface area contributed by atoms with Crippen LogP contribution in [0.1, 0.15) is 33.3 Å². The Bertz CT molecular complexity index is 1060. The summed E-state index contributed by atoms with van der Waals surface area (Å²) in [5.41, 5.74) is 2.19. The summed E-state index contributed by atoms with van der Waals surface area (Å²) in [5, 5.41) is 3.30. The smallest absolute Gasteiger partial charge is 0.341 e. The highest BCUT2D eigenvalue weighted by molar-refractivity contribution is 7.17. The third kappa shape index (κ3) is 6.21. The van der Waals surface area contributed by atoms with Crippen LogP contribution in [0, 0.1) is 0 Å². The maximum atomic E-state index is 12.7. The molecule has 0 spiro atoms. The fourth-order valence-electron chi connectivity index (χ4n) is 3.54. The predicted molar refractivity (Wildman–Crippen MR) is 129 cm³/mol. The van der Waals surface area contributed by atoms with Crippen molar-refractivity contribution in [2.24, 2.45) is 0 Å². The van der Waals surface area contributed by atoms with E-state index in [1.807, 2.05) is 31.3 Å². The number of carbonyl (C=O) groups excluding carboxylic acids is 3. The average Bonchev–Trinajstić information content (AvgIpc) is 3.14. The number of nitrogens with zero attached hydrogens (tertiary/aromatic N) is 2. The van der Waals surface area contributed by atoms with Gasteiger partial charge in [0, 0.05) is 31.1 Å². The minimum Gasteiger partial charge on any atom is -0.497 e. The summed E-state index contributed by atoms with van der Waals surface area (Å²) >= 11 is 1.39. The number of amides is 2. The number of methoxy groups -OCH3 is 1. The van der Waals surface area contributed by atoms with Crippen molar-refractivity contribution in [1.29, 1.82) is 0 Å². The van der Waals surface area contributed by atoms with Crippen LogP contribution in [0.4, 0.5) is 5.00 Å². The van der Waals surface area contributed by atoms with E-state index in [2.05, 4.69) is 10.2 Å². The van der Waals surface area contributed by atoms with Gasteiger partial charge in [0.1, 0.15) is 10.8 Å². The first-order valence-corrected chi connectivity index (χ1v) is 11.5. The van der Waals surface area contributed by atoms with E-state index in [0.29, 0.717) is 16.3 Å². The highest BCUT2D eigenvalue weighted by Crippen LogP contribution is 2.37. The van der Waals surface area contributed by atoms with Gasteiger partial charge in [-0.2, -0.15) is 0 Å². The molecule has 0 bridgehead atoms. The lowest BCUT2D eigenvalue weighted by Gasteiger charge is -2.22. The number of likely N-dealkylation sites (N-methyl/N-ethyl adjacent to an activating group) is 2. The molecule has 2 aromatic rings. The minimum atomic E-state index is -0.430. The number of hydrogen-bond acceptors (Lipinski definition) is 7. The molecule has 0 unspecified atom stereocenters. The third-order valence-electron chi connectivity index (χ3n) is 5.25. The fraction of sp³-hybridized carbons (Fsp3) is 0.375. The quantitative estimate of drug-likeness (QED) is 0.470. The second-order valence-corrected chi connectivity index (χ2v) is 8.87. The number of anilines is 1. The molecule has 1 aromatic carbocycles. The second kappa shape index (κ2) is 11.1. The van der Waals surface area contributed by atoms with Crippen LogP contribution in [0.5, 0.6) is 5.75 Å². The number of benzene rings is 1. The fourth-order valence-corrected chi connectivity index (χ4v) is 4.87. The van der Waals surface area contributed by atoms with E-state index in [1.54, 1.807) is 27.2 Å². The van der Waals surface area contributed by atoms with Gasteiger partial charge in [-0.3, -0.25) is 9.59 Å². The van der Waals surface area contributed by atoms with Gasteiger partial charge in [0.15, 0.2) is 0 Å². The van der Waals surface area contributed by atoms with Crippen molar-refractivity contribution in [2.75, 3.05) is 46.2 Å². The largest absolute Gasteiger partial charge is 0.497 e. The van der Waals surface area contributed by atoms with Gasteiger partial charge in [0.05, 0.1) is 25.8 Å².